The molecule has 6 fully saturated rings. The first-order valence-corrected chi connectivity index (χ1v) is 12.0. The summed E-state index contributed by atoms with van der Waals surface area (Å²) in [6, 6.07) is 0. The van der Waals surface area contributed by atoms with Crippen LogP contribution >= 0.6 is 0 Å². The van der Waals surface area contributed by atoms with Gasteiger partial charge in [-0.3, -0.25) is 9.59 Å². The number of Topliss-reactive ketones (excluding diaryl/α,β-unsaturated/α-hetero) is 1. The number of hydrogen-bond donors (Lipinski definition) is 1. The van der Waals surface area contributed by atoms with E-state index in [0.29, 0.717) is 54.8 Å². The second kappa shape index (κ2) is 5.29. The van der Waals surface area contributed by atoms with Gasteiger partial charge in [0.1, 0.15) is 11.4 Å². The number of hydrogen-bond acceptors (Lipinski definition) is 4. The number of aliphatic hydroxyl groups is 1. The zero-order valence-corrected chi connectivity index (χ0v) is 18.4. The minimum Gasteiger partial charge on any atom is -0.458 e. The minimum atomic E-state index is -0.865. The molecule has 1 heterocycles. The second-order valence-corrected chi connectivity index (χ2v) is 12.2. The van der Waals surface area contributed by atoms with Crippen molar-refractivity contribution in [2.24, 2.45) is 52.3 Å². The van der Waals surface area contributed by atoms with E-state index in [1.165, 1.54) is 6.42 Å². The number of esters is 1. The lowest BCUT2D eigenvalue weighted by Gasteiger charge is -2.68. The van der Waals surface area contributed by atoms with E-state index in [1.54, 1.807) is 0 Å². The first kappa shape index (κ1) is 18.8. The van der Waals surface area contributed by atoms with E-state index in [1.807, 2.05) is 0 Å². The zero-order valence-electron chi connectivity index (χ0n) is 18.4. The Morgan fingerprint density at radius 2 is 1.76 bits per heavy atom. The van der Waals surface area contributed by atoms with Crippen molar-refractivity contribution in [3.8, 4) is 0 Å². The summed E-state index contributed by atoms with van der Waals surface area (Å²) < 4.78 is 6.21. The van der Waals surface area contributed by atoms with Crippen LogP contribution in [0.25, 0.3) is 0 Å². The van der Waals surface area contributed by atoms with Gasteiger partial charge in [-0.1, -0.05) is 27.7 Å². The topological polar surface area (TPSA) is 63.6 Å². The Labute approximate surface area is 174 Å². The first-order chi connectivity index (χ1) is 13.6. The predicted octanol–water partition coefficient (Wildman–Crippen LogP) is 4.14. The van der Waals surface area contributed by atoms with Gasteiger partial charge in [0.2, 0.25) is 0 Å². The van der Waals surface area contributed by atoms with Gasteiger partial charge in [0.15, 0.2) is 0 Å². The van der Waals surface area contributed by atoms with Crippen molar-refractivity contribution in [1.29, 1.82) is 0 Å². The lowest BCUT2D eigenvalue weighted by atomic mass is 9.38. The molecule has 11 atom stereocenters. The molecule has 5 saturated carbocycles. The number of ether oxygens (including phenoxy) is 1. The molecule has 0 aromatic rings. The largest absolute Gasteiger partial charge is 0.458 e. The molecule has 5 unspecified atom stereocenters. The maximum absolute atomic E-state index is 12.4. The van der Waals surface area contributed by atoms with Crippen molar-refractivity contribution in [2.75, 3.05) is 0 Å². The molecule has 1 saturated heterocycles. The van der Waals surface area contributed by atoms with Crippen LogP contribution in [0, 0.1) is 52.3 Å². The van der Waals surface area contributed by atoms with Gasteiger partial charge in [0, 0.05) is 36.0 Å². The molecule has 1 aliphatic heterocycles. The summed E-state index contributed by atoms with van der Waals surface area (Å²) in [5, 5.41) is 11.9. The van der Waals surface area contributed by atoms with Crippen molar-refractivity contribution in [3.63, 3.8) is 0 Å². The lowest BCUT2D eigenvalue weighted by molar-refractivity contribution is -0.255. The van der Waals surface area contributed by atoms with Gasteiger partial charge in [0.05, 0.1) is 5.60 Å². The average Bonchev–Trinajstić information content (AvgIpc) is 3.31. The highest BCUT2D eigenvalue weighted by Gasteiger charge is 2.80. The van der Waals surface area contributed by atoms with E-state index < -0.39 is 5.60 Å². The highest BCUT2D eigenvalue weighted by atomic mass is 16.6. The highest BCUT2D eigenvalue weighted by Crippen LogP contribution is 2.80. The summed E-state index contributed by atoms with van der Waals surface area (Å²) >= 11 is 0. The predicted molar refractivity (Wildman–Crippen MR) is 108 cm³/mol. The third kappa shape index (κ3) is 1.89. The van der Waals surface area contributed by atoms with Crippen LogP contribution in [0.15, 0.2) is 0 Å². The molecule has 6 aliphatic rings. The number of rotatable bonds is 0. The van der Waals surface area contributed by atoms with Crippen LogP contribution in [0.4, 0.5) is 0 Å². The second-order valence-electron chi connectivity index (χ2n) is 12.2. The maximum atomic E-state index is 12.4. The molecule has 4 nitrogen and oxygen atoms in total. The molecule has 0 aromatic carbocycles. The van der Waals surface area contributed by atoms with Crippen LogP contribution in [-0.2, 0) is 14.3 Å². The number of ketones is 1. The van der Waals surface area contributed by atoms with E-state index in [2.05, 4.69) is 27.7 Å². The standard InChI is InChI=1S/C25H36O4/c1-13-14(2)24(28)12-15(26)5-8-22(24,3)17-6-9-23(4)21(20(13)17)16-11-18(16)25(23)10-7-19(27)29-25/h13-14,16-18,20-21,28H,5-12H2,1-4H3/t13?,14-,16-,17?,18?,20?,21?,22-,23+,24-,25+/m1/s1. The molecule has 29 heavy (non-hydrogen) atoms. The van der Waals surface area contributed by atoms with Crippen molar-refractivity contribution in [1.82, 2.24) is 0 Å². The molecule has 0 radical (unpaired) electrons. The van der Waals surface area contributed by atoms with E-state index in [-0.39, 0.29) is 34.1 Å². The van der Waals surface area contributed by atoms with Crippen LogP contribution in [0.5, 0.6) is 0 Å². The fourth-order valence-electron chi connectivity index (χ4n) is 10.2. The van der Waals surface area contributed by atoms with Gasteiger partial charge in [-0.05, 0) is 67.6 Å². The molecule has 1 spiro atoms. The quantitative estimate of drug-likeness (QED) is 0.621. The van der Waals surface area contributed by atoms with Crippen molar-refractivity contribution >= 4 is 11.8 Å². The van der Waals surface area contributed by atoms with Crippen LogP contribution < -0.4 is 0 Å². The van der Waals surface area contributed by atoms with Gasteiger partial charge in [-0.15, -0.1) is 0 Å². The Kier molecular flexibility index (Phi) is 3.43. The monoisotopic (exact) mass is 400 g/mol. The van der Waals surface area contributed by atoms with Crippen molar-refractivity contribution in [2.45, 2.75) is 90.3 Å². The zero-order chi connectivity index (χ0) is 20.6. The van der Waals surface area contributed by atoms with Gasteiger partial charge in [-0.25, -0.2) is 0 Å². The summed E-state index contributed by atoms with van der Waals surface area (Å²) in [4.78, 5) is 24.6. The SMILES string of the molecule is CC1C2C3[C@@H]4CC4[C@@]4(CCC(=O)O4)[C@@]3(C)CCC2[C@@]2(C)CCC(=O)C[C@@]2(O)[C@@H]1C. The third-order valence-electron chi connectivity index (χ3n) is 11.8. The smallest absolute Gasteiger partial charge is 0.306 e. The Hall–Kier alpha value is -0.900. The fourth-order valence-corrected chi connectivity index (χ4v) is 10.2. The molecule has 6 rings (SSSR count). The fraction of sp³-hybridized carbons (Fsp3) is 0.920. The van der Waals surface area contributed by atoms with E-state index in [0.717, 1.165) is 25.7 Å². The average molecular weight is 401 g/mol. The third-order valence-corrected chi connectivity index (χ3v) is 11.8. The van der Waals surface area contributed by atoms with Gasteiger partial charge >= 0.3 is 5.97 Å². The Balaban J connectivity index is 1.44. The number of fused-ring (bicyclic) bond motifs is 9. The molecule has 5 aliphatic carbocycles. The molecule has 1 N–H and O–H groups in total. The van der Waals surface area contributed by atoms with Crippen LogP contribution in [0.3, 0.4) is 0 Å². The maximum Gasteiger partial charge on any atom is 0.306 e. The van der Waals surface area contributed by atoms with Crippen molar-refractivity contribution < 1.29 is 19.4 Å². The van der Waals surface area contributed by atoms with Gasteiger partial charge < -0.3 is 9.84 Å². The highest BCUT2D eigenvalue weighted by molar-refractivity contribution is 5.81. The molecule has 0 amide bonds. The summed E-state index contributed by atoms with van der Waals surface area (Å²) in [5.74, 6) is 3.64. The molecular weight excluding hydrogens is 364 g/mol. The summed E-state index contributed by atoms with van der Waals surface area (Å²) in [6.45, 7) is 9.28. The summed E-state index contributed by atoms with van der Waals surface area (Å²) in [6.07, 6.45) is 6.71. The summed E-state index contributed by atoms with van der Waals surface area (Å²) in [5.41, 5.74) is -1.18. The van der Waals surface area contributed by atoms with E-state index in [9.17, 15) is 14.7 Å². The summed E-state index contributed by atoms with van der Waals surface area (Å²) in [7, 11) is 0. The Morgan fingerprint density at radius 3 is 2.45 bits per heavy atom. The lowest BCUT2D eigenvalue weighted by Crippen LogP contribution is -2.69. The van der Waals surface area contributed by atoms with E-state index in [4.69, 9.17) is 4.74 Å². The molecule has 0 aromatic heterocycles. The molecular formula is C25H36O4. The number of carbonyl (C=O) groups is 2. The van der Waals surface area contributed by atoms with Crippen LogP contribution in [-0.4, -0.2) is 28.1 Å². The first-order valence-electron chi connectivity index (χ1n) is 12.0. The van der Waals surface area contributed by atoms with E-state index >= 15 is 0 Å². The Bertz CT molecular complexity index is 807. The molecule has 4 heteroatoms. The minimum absolute atomic E-state index is 0.0110. The normalized spacial score (nSPS) is 62.9. The van der Waals surface area contributed by atoms with Crippen molar-refractivity contribution in [3.05, 3.63) is 0 Å². The van der Waals surface area contributed by atoms with Gasteiger partial charge in [-0.2, -0.15) is 0 Å². The molecule has 160 valence electrons. The molecule has 0 bridgehead atoms. The van der Waals surface area contributed by atoms with Crippen LogP contribution in [0.2, 0.25) is 0 Å². The van der Waals surface area contributed by atoms with Crippen LogP contribution in [0.1, 0.15) is 79.1 Å². The number of carbonyl (C=O) groups excluding carboxylic acids is 2. The Morgan fingerprint density at radius 1 is 1.00 bits per heavy atom. The van der Waals surface area contributed by atoms with Gasteiger partial charge in [0.25, 0.3) is 0 Å².